The molecule has 0 radical (unpaired) electrons. The largest absolute Gasteiger partial charge is 0.316 e. The zero-order chi connectivity index (χ0) is 9.97. The van der Waals surface area contributed by atoms with Crippen LogP contribution in [0.1, 0.15) is 30.4 Å². The highest BCUT2D eigenvalue weighted by molar-refractivity contribution is 5.65. The molecule has 1 unspecified atom stereocenters. The van der Waals surface area contributed by atoms with Gasteiger partial charge in [0.05, 0.1) is 0 Å². The van der Waals surface area contributed by atoms with Gasteiger partial charge in [-0.1, -0.05) is 36.4 Å². The molecule has 74 valence electrons. The minimum absolute atomic E-state index is 0.683. The summed E-state index contributed by atoms with van der Waals surface area (Å²) in [5.41, 5.74) is 3.97. The molecule has 1 nitrogen and oxygen atoms in total. The van der Waals surface area contributed by atoms with Crippen LogP contribution in [-0.4, -0.2) is 13.1 Å². The van der Waals surface area contributed by atoms with E-state index in [2.05, 4.69) is 43.1 Å². The van der Waals surface area contributed by atoms with E-state index in [1.165, 1.54) is 23.1 Å². The van der Waals surface area contributed by atoms with Gasteiger partial charge >= 0.3 is 0 Å². The maximum Gasteiger partial charge on any atom is 0.00208 e. The lowest BCUT2D eigenvalue weighted by atomic mass is 9.91. The van der Waals surface area contributed by atoms with Crippen LogP contribution in [0.2, 0.25) is 0 Å². The molecule has 1 aromatic rings. The molecule has 1 heterocycles. The Morgan fingerprint density at radius 2 is 2.21 bits per heavy atom. The average Bonchev–Trinajstić information content (AvgIpc) is 2.70. The summed E-state index contributed by atoms with van der Waals surface area (Å²) < 4.78 is 0. The van der Waals surface area contributed by atoms with Crippen molar-refractivity contribution in [2.24, 2.45) is 0 Å². The van der Waals surface area contributed by atoms with Gasteiger partial charge in [0.1, 0.15) is 0 Å². The van der Waals surface area contributed by atoms with E-state index in [0.29, 0.717) is 5.92 Å². The van der Waals surface area contributed by atoms with Gasteiger partial charge in [-0.25, -0.2) is 0 Å². The maximum atomic E-state index is 4.04. The number of hydrogen-bond acceptors (Lipinski definition) is 1. The quantitative estimate of drug-likeness (QED) is 0.750. The van der Waals surface area contributed by atoms with Crippen molar-refractivity contribution in [3.8, 4) is 0 Å². The molecular formula is C13H17N. The second kappa shape index (κ2) is 3.97. The molecule has 14 heavy (non-hydrogen) atoms. The number of hydrogen-bond donors (Lipinski definition) is 1. The molecular weight excluding hydrogens is 170 g/mol. The molecule has 1 aromatic carbocycles. The smallest absolute Gasteiger partial charge is 0.00208 e. The second-order valence-corrected chi connectivity index (χ2v) is 4.06. The second-order valence-electron chi connectivity index (χ2n) is 4.06. The van der Waals surface area contributed by atoms with Crippen LogP contribution in [0, 0.1) is 0 Å². The monoisotopic (exact) mass is 187 g/mol. The van der Waals surface area contributed by atoms with Gasteiger partial charge in [-0.05, 0) is 36.9 Å². The molecule has 1 saturated heterocycles. The van der Waals surface area contributed by atoms with Crippen molar-refractivity contribution in [1.29, 1.82) is 0 Å². The van der Waals surface area contributed by atoms with Crippen LogP contribution in [0.5, 0.6) is 0 Å². The summed E-state index contributed by atoms with van der Waals surface area (Å²) >= 11 is 0. The molecule has 0 spiro atoms. The topological polar surface area (TPSA) is 12.0 Å². The molecule has 1 fully saturated rings. The van der Waals surface area contributed by atoms with E-state index in [0.717, 1.165) is 13.1 Å². The first-order chi connectivity index (χ1) is 6.79. The van der Waals surface area contributed by atoms with Crippen LogP contribution < -0.4 is 5.32 Å². The van der Waals surface area contributed by atoms with E-state index in [9.17, 15) is 0 Å². The van der Waals surface area contributed by atoms with Crippen molar-refractivity contribution in [1.82, 2.24) is 5.32 Å². The van der Waals surface area contributed by atoms with Crippen LogP contribution in [0.25, 0.3) is 5.57 Å². The first-order valence-corrected chi connectivity index (χ1v) is 5.24. The molecule has 2 rings (SSSR count). The summed E-state index contributed by atoms with van der Waals surface area (Å²) in [6.45, 7) is 8.38. The zero-order valence-electron chi connectivity index (χ0n) is 8.72. The molecule has 0 aromatic heterocycles. The van der Waals surface area contributed by atoms with Crippen molar-refractivity contribution in [3.05, 3.63) is 42.0 Å². The number of allylic oxidation sites excluding steroid dienone is 1. The zero-order valence-corrected chi connectivity index (χ0v) is 8.72. The Balaban J connectivity index is 2.35. The third kappa shape index (κ3) is 1.73. The first kappa shape index (κ1) is 9.47. The fourth-order valence-electron chi connectivity index (χ4n) is 2.16. The summed E-state index contributed by atoms with van der Waals surface area (Å²) in [6.07, 6.45) is 1.25. The van der Waals surface area contributed by atoms with Crippen LogP contribution in [-0.2, 0) is 0 Å². The Bertz CT molecular complexity index is 335. The summed E-state index contributed by atoms with van der Waals surface area (Å²) in [5, 5.41) is 3.41. The molecule has 1 aliphatic heterocycles. The Morgan fingerprint density at radius 1 is 1.43 bits per heavy atom. The average molecular weight is 187 g/mol. The molecule has 0 amide bonds. The molecule has 0 saturated carbocycles. The van der Waals surface area contributed by atoms with Crippen molar-refractivity contribution in [3.63, 3.8) is 0 Å². The lowest BCUT2D eigenvalue weighted by Gasteiger charge is -2.14. The van der Waals surface area contributed by atoms with Gasteiger partial charge in [-0.15, -0.1) is 0 Å². The molecule has 1 heteroatoms. The lowest BCUT2D eigenvalue weighted by Crippen LogP contribution is -2.08. The fraction of sp³-hybridized carbons (Fsp3) is 0.385. The van der Waals surface area contributed by atoms with Gasteiger partial charge in [0.25, 0.3) is 0 Å². The van der Waals surface area contributed by atoms with Crippen molar-refractivity contribution < 1.29 is 0 Å². The highest BCUT2D eigenvalue weighted by Gasteiger charge is 2.18. The predicted octanol–water partition coefficient (Wildman–Crippen LogP) is 2.80. The van der Waals surface area contributed by atoms with Crippen LogP contribution in [0.4, 0.5) is 0 Å². The van der Waals surface area contributed by atoms with Crippen molar-refractivity contribution >= 4 is 5.57 Å². The van der Waals surface area contributed by atoms with E-state index >= 15 is 0 Å². The Hall–Kier alpha value is -1.08. The summed E-state index contributed by atoms with van der Waals surface area (Å²) in [5.74, 6) is 0.683. The highest BCUT2D eigenvalue weighted by Crippen LogP contribution is 2.28. The van der Waals surface area contributed by atoms with Gasteiger partial charge in [-0.2, -0.15) is 0 Å². The molecule has 0 aliphatic carbocycles. The van der Waals surface area contributed by atoms with Gasteiger partial charge in [0.15, 0.2) is 0 Å². The molecule has 0 bridgehead atoms. The van der Waals surface area contributed by atoms with Crippen molar-refractivity contribution in [2.75, 3.05) is 13.1 Å². The SMILES string of the molecule is C=C(C)c1ccccc1C1CCNC1. The van der Waals surface area contributed by atoms with Crippen LogP contribution in [0.3, 0.4) is 0 Å². The third-order valence-corrected chi connectivity index (χ3v) is 2.92. The lowest BCUT2D eigenvalue weighted by molar-refractivity contribution is 0.761. The van der Waals surface area contributed by atoms with E-state index in [1.54, 1.807) is 0 Å². The number of benzene rings is 1. The summed E-state index contributed by atoms with van der Waals surface area (Å²) in [7, 11) is 0. The van der Waals surface area contributed by atoms with E-state index < -0.39 is 0 Å². The van der Waals surface area contributed by atoms with Gasteiger partial charge in [0.2, 0.25) is 0 Å². The first-order valence-electron chi connectivity index (χ1n) is 5.24. The van der Waals surface area contributed by atoms with E-state index in [1.807, 2.05) is 0 Å². The maximum absolute atomic E-state index is 4.04. The Morgan fingerprint density at radius 3 is 2.86 bits per heavy atom. The van der Waals surface area contributed by atoms with E-state index in [4.69, 9.17) is 0 Å². The molecule has 1 N–H and O–H groups in total. The summed E-state index contributed by atoms with van der Waals surface area (Å²) in [4.78, 5) is 0. The predicted molar refractivity (Wildman–Crippen MR) is 61.4 cm³/mol. The van der Waals surface area contributed by atoms with Crippen LogP contribution in [0.15, 0.2) is 30.8 Å². The Kier molecular flexibility index (Phi) is 2.69. The van der Waals surface area contributed by atoms with Crippen molar-refractivity contribution in [2.45, 2.75) is 19.3 Å². The normalized spacial score (nSPS) is 21.1. The number of rotatable bonds is 2. The van der Waals surface area contributed by atoms with Gasteiger partial charge in [0, 0.05) is 6.54 Å². The van der Waals surface area contributed by atoms with Gasteiger partial charge < -0.3 is 5.32 Å². The standard InChI is InChI=1S/C13H17N/c1-10(2)12-5-3-4-6-13(12)11-7-8-14-9-11/h3-6,11,14H,1,7-9H2,2H3. The highest BCUT2D eigenvalue weighted by atomic mass is 14.9. The van der Waals surface area contributed by atoms with E-state index in [-0.39, 0.29) is 0 Å². The molecule has 1 aliphatic rings. The third-order valence-electron chi connectivity index (χ3n) is 2.92. The van der Waals surface area contributed by atoms with Crippen LogP contribution >= 0.6 is 0 Å². The molecule has 1 atom stereocenters. The van der Waals surface area contributed by atoms with Gasteiger partial charge in [-0.3, -0.25) is 0 Å². The minimum Gasteiger partial charge on any atom is -0.316 e. The number of nitrogens with one attached hydrogen (secondary N) is 1. The fourth-order valence-corrected chi connectivity index (χ4v) is 2.16. The Labute approximate surface area is 85.8 Å². The summed E-state index contributed by atoms with van der Waals surface area (Å²) in [6, 6.07) is 8.63. The minimum atomic E-state index is 0.683.